The van der Waals surface area contributed by atoms with E-state index in [1.54, 1.807) is 6.92 Å². The van der Waals surface area contributed by atoms with Crippen LogP contribution < -0.4 is 5.73 Å². The number of aldehydes is 1. The van der Waals surface area contributed by atoms with Gasteiger partial charge in [0.25, 0.3) is 0 Å². The molecule has 0 aliphatic rings. The van der Waals surface area contributed by atoms with Crippen LogP contribution in [0.1, 0.15) is 16.1 Å². The Kier molecular flexibility index (Phi) is 1.26. The first-order valence-corrected chi connectivity index (χ1v) is 2.54. The maximum absolute atomic E-state index is 10.2. The number of aryl methyl sites for hydroxylation is 1. The van der Waals surface area contributed by atoms with Crippen LogP contribution >= 0.6 is 0 Å². The van der Waals surface area contributed by atoms with Crippen LogP contribution in [0.4, 0.5) is 5.69 Å². The predicted molar refractivity (Wildman–Crippen MR) is 33.2 cm³/mol. The lowest BCUT2D eigenvalue weighted by molar-refractivity contribution is 0.112. The van der Waals surface area contributed by atoms with E-state index in [-0.39, 0.29) is 0 Å². The van der Waals surface area contributed by atoms with Crippen LogP contribution in [0.25, 0.3) is 0 Å². The van der Waals surface area contributed by atoms with E-state index in [2.05, 4.69) is 0 Å². The van der Waals surface area contributed by atoms with Gasteiger partial charge in [0.2, 0.25) is 0 Å². The Hall–Kier alpha value is -1.25. The molecule has 0 fully saturated rings. The number of rotatable bonds is 1. The second-order valence-electron chi connectivity index (χ2n) is 1.78. The predicted octanol–water partition coefficient (Wildman–Crippen LogP) is 0.983. The van der Waals surface area contributed by atoms with Crippen LogP contribution in [0, 0.1) is 6.92 Å². The minimum Gasteiger partial charge on any atom is -0.467 e. The fraction of sp³-hybridized carbons (Fsp3) is 0.167. The molecule has 0 saturated heterocycles. The minimum absolute atomic E-state index is 0.405. The zero-order chi connectivity index (χ0) is 6.85. The normalized spacial score (nSPS) is 9.44. The van der Waals surface area contributed by atoms with Gasteiger partial charge in [-0.15, -0.1) is 0 Å². The third-order valence-corrected chi connectivity index (χ3v) is 1.17. The van der Waals surface area contributed by atoms with Gasteiger partial charge in [0.05, 0.1) is 11.3 Å². The van der Waals surface area contributed by atoms with Crippen molar-refractivity contribution in [3.05, 3.63) is 17.6 Å². The van der Waals surface area contributed by atoms with E-state index in [4.69, 9.17) is 10.2 Å². The highest BCUT2D eigenvalue weighted by Gasteiger charge is 2.03. The maximum Gasteiger partial charge on any atom is 0.155 e. The molecule has 0 aliphatic carbocycles. The van der Waals surface area contributed by atoms with Crippen LogP contribution in [0.15, 0.2) is 10.7 Å². The van der Waals surface area contributed by atoms with Crippen LogP contribution in [-0.2, 0) is 0 Å². The second kappa shape index (κ2) is 1.93. The summed E-state index contributed by atoms with van der Waals surface area (Å²) in [5, 5.41) is 0. The Labute approximate surface area is 52.5 Å². The summed E-state index contributed by atoms with van der Waals surface area (Å²) < 4.78 is 4.83. The van der Waals surface area contributed by atoms with Crippen LogP contribution in [0.2, 0.25) is 0 Å². The molecule has 0 spiro atoms. The number of carbonyl (C=O) groups is 1. The fourth-order valence-electron chi connectivity index (χ4n) is 0.633. The van der Waals surface area contributed by atoms with Crippen molar-refractivity contribution in [1.29, 1.82) is 0 Å². The lowest BCUT2D eigenvalue weighted by atomic mass is 10.2. The van der Waals surface area contributed by atoms with Gasteiger partial charge >= 0.3 is 0 Å². The van der Waals surface area contributed by atoms with Gasteiger partial charge in [-0.2, -0.15) is 0 Å². The van der Waals surface area contributed by atoms with E-state index in [0.717, 1.165) is 0 Å². The SMILES string of the molecule is Cc1occ(N)c1C=O. The summed E-state index contributed by atoms with van der Waals surface area (Å²) in [4.78, 5) is 10.2. The molecule has 9 heavy (non-hydrogen) atoms. The number of nitrogens with two attached hydrogens (primary N) is 1. The summed E-state index contributed by atoms with van der Waals surface area (Å²) in [6.45, 7) is 1.69. The molecule has 3 heteroatoms. The van der Waals surface area contributed by atoms with Gasteiger partial charge in [0.1, 0.15) is 12.0 Å². The van der Waals surface area contributed by atoms with Crippen molar-refractivity contribution in [1.82, 2.24) is 0 Å². The molecule has 0 saturated carbocycles. The highest BCUT2D eigenvalue weighted by atomic mass is 16.3. The molecule has 3 nitrogen and oxygen atoms in total. The average Bonchev–Trinajstić information content (AvgIpc) is 2.12. The Bertz CT molecular complexity index is 207. The van der Waals surface area contributed by atoms with Crippen molar-refractivity contribution in [3.63, 3.8) is 0 Å². The van der Waals surface area contributed by atoms with Crippen molar-refractivity contribution in [2.45, 2.75) is 6.92 Å². The fourth-order valence-corrected chi connectivity index (χ4v) is 0.633. The largest absolute Gasteiger partial charge is 0.467 e. The Balaban J connectivity index is 3.22. The number of carbonyl (C=O) groups excluding carboxylic acids is 1. The highest BCUT2D eigenvalue weighted by Crippen LogP contribution is 2.14. The first kappa shape index (κ1) is 5.88. The van der Waals surface area contributed by atoms with Crippen LogP contribution in [0.3, 0.4) is 0 Å². The first-order valence-electron chi connectivity index (χ1n) is 2.54. The molecule has 2 N–H and O–H groups in total. The molecule has 1 rings (SSSR count). The molecule has 0 bridgehead atoms. The summed E-state index contributed by atoms with van der Waals surface area (Å²) in [5.41, 5.74) is 6.19. The monoisotopic (exact) mass is 125 g/mol. The van der Waals surface area contributed by atoms with Crippen molar-refractivity contribution >= 4 is 12.0 Å². The summed E-state index contributed by atoms with van der Waals surface area (Å²) in [7, 11) is 0. The maximum atomic E-state index is 10.2. The lowest BCUT2D eigenvalue weighted by Gasteiger charge is -1.83. The molecule has 1 heterocycles. The molecule has 0 aliphatic heterocycles. The Morgan fingerprint density at radius 2 is 2.44 bits per heavy atom. The van der Waals surface area contributed by atoms with Gasteiger partial charge in [0.15, 0.2) is 6.29 Å². The molecular weight excluding hydrogens is 118 g/mol. The molecule has 1 aromatic rings. The van der Waals surface area contributed by atoms with Gasteiger partial charge < -0.3 is 10.2 Å². The van der Waals surface area contributed by atoms with E-state index in [1.165, 1.54) is 6.26 Å². The van der Waals surface area contributed by atoms with E-state index in [9.17, 15) is 4.79 Å². The van der Waals surface area contributed by atoms with Gasteiger partial charge in [-0.1, -0.05) is 0 Å². The van der Waals surface area contributed by atoms with Crippen molar-refractivity contribution in [2.24, 2.45) is 0 Å². The average molecular weight is 125 g/mol. The van der Waals surface area contributed by atoms with Gasteiger partial charge in [-0.3, -0.25) is 4.79 Å². The Morgan fingerprint density at radius 1 is 1.78 bits per heavy atom. The van der Waals surface area contributed by atoms with E-state index in [0.29, 0.717) is 23.3 Å². The molecule has 0 unspecified atom stereocenters. The topological polar surface area (TPSA) is 56.2 Å². The third kappa shape index (κ3) is 0.806. The zero-order valence-corrected chi connectivity index (χ0v) is 5.05. The Morgan fingerprint density at radius 3 is 2.67 bits per heavy atom. The molecule has 0 amide bonds. The van der Waals surface area contributed by atoms with Gasteiger partial charge in [-0.25, -0.2) is 0 Å². The summed E-state index contributed by atoms with van der Waals surface area (Å²) >= 11 is 0. The number of hydrogen-bond donors (Lipinski definition) is 1. The van der Waals surface area contributed by atoms with Crippen molar-refractivity contribution in [3.8, 4) is 0 Å². The smallest absolute Gasteiger partial charge is 0.155 e. The molecular formula is C6H7NO2. The molecule has 1 aromatic heterocycles. The van der Waals surface area contributed by atoms with E-state index >= 15 is 0 Å². The second-order valence-corrected chi connectivity index (χ2v) is 1.78. The lowest BCUT2D eigenvalue weighted by Crippen LogP contribution is -1.87. The summed E-state index contributed by atoms with van der Waals surface area (Å²) in [6, 6.07) is 0. The van der Waals surface area contributed by atoms with Crippen molar-refractivity contribution in [2.75, 3.05) is 5.73 Å². The molecule has 0 atom stereocenters. The molecule has 0 radical (unpaired) electrons. The first-order chi connectivity index (χ1) is 4.25. The van der Waals surface area contributed by atoms with Crippen LogP contribution in [-0.4, -0.2) is 6.29 Å². The standard InChI is InChI=1S/C6H7NO2/c1-4-5(2-8)6(7)3-9-4/h2-3H,7H2,1H3. The van der Waals surface area contributed by atoms with Gasteiger partial charge in [-0.05, 0) is 6.92 Å². The van der Waals surface area contributed by atoms with Gasteiger partial charge in [0, 0.05) is 0 Å². The molecule has 0 aromatic carbocycles. The summed E-state index contributed by atoms with van der Waals surface area (Å²) in [5.74, 6) is 0.572. The quantitative estimate of drug-likeness (QED) is 0.569. The number of furan rings is 1. The number of nitrogen functional groups attached to an aromatic ring is 1. The highest BCUT2D eigenvalue weighted by molar-refractivity contribution is 5.84. The minimum atomic E-state index is 0.405. The van der Waals surface area contributed by atoms with E-state index in [1.807, 2.05) is 0 Å². The number of anilines is 1. The van der Waals surface area contributed by atoms with Crippen molar-refractivity contribution < 1.29 is 9.21 Å². The zero-order valence-electron chi connectivity index (χ0n) is 5.05. The van der Waals surface area contributed by atoms with Crippen LogP contribution in [0.5, 0.6) is 0 Å². The summed E-state index contributed by atoms with van der Waals surface area (Å²) in [6.07, 6.45) is 2.05. The number of hydrogen-bond acceptors (Lipinski definition) is 3. The third-order valence-electron chi connectivity index (χ3n) is 1.17. The van der Waals surface area contributed by atoms with E-state index < -0.39 is 0 Å². The molecule has 48 valence electrons.